The highest BCUT2D eigenvalue weighted by atomic mass is 35.5. The van der Waals surface area contributed by atoms with Crippen molar-refractivity contribution in [1.29, 1.82) is 0 Å². The van der Waals surface area contributed by atoms with Crippen LogP contribution in [-0.4, -0.2) is 29.0 Å². The van der Waals surface area contributed by atoms with Gasteiger partial charge in [0.05, 0.1) is 46.0 Å². The molecule has 1 aliphatic heterocycles. The molecule has 3 aromatic rings. The molecule has 2 N–H and O–H groups in total. The van der Waals surface area contributed by atoms with Crippen LogP contribution in [-0.2, 0) is 15.7 Å². The Balaban J connectivity index is 1.47. The molecule has 136 valence electrons. The van der Waals surface area contributed by atoms with E-state index in [9.17, 15) is 4.21 Å². The van der Waals surface area contributed by atoms with Gasteiger partial charge in [0.25, 0.3) is 0 Å². The summed E-state index contributed by atoms with van der Waals surface area (Å²) in [5.74, 6) is 1.22. The molecule has 2 aromatic carbocycles. The predicted octanol–water partition coefficient (Wildman–Crippen LogP) is 4.63. The van der Waals surface area contributed by atoms with Crippen LogP contribution < -0.4 is 9.46 Å². The van der Waals surface area contributed by atoms with Crippen molar-refractivity contribution in [1.82, 2.24) is 4.98 Å². The number of halogens is 2. The van der Waals surface area contributed by atoms with E-state index < -0.39 is 11.0 Å². The van der Waals surface area contributed by atoms with Gasteiger partial charge >= 0.3 is 0 Å². The summed E-state index contributed by atoms with van der Waals surface area (Å²) < 4.78 is 26.5. The van der Waals surface area contributed by atoms with Crippen LogP contribution in [0.2, 0.25) is 10.0 Å². The third-order valence-electron chi connectivity index (χ3n) is 4.17. The third kappa shape index (κ3) is 3.55. The van der Waals surface area contributed by atoms with E-state index in [0.717, 1.165) is 24.5 Å². The predicted molar refractivity (Wildman–Crippen MR) is 105 cm³/mol. The first-order chi connectivity index (χ1) is 12.6. The summed E-state index contributed by atoms with van der Waals surface area (Å²) in [6.07, 6.45) is 1.66. The molecule has 0 spiro atoms. The molecule has 1 unspecified atom stereocenters. The van der Waals surface area contributed by atoms with Crippen LogP contribution in [0.5, 0.6) is 5.75 Å². The zero-order valence-electron chi connectivity index (χ0n) is 13.6. The number of nitrogens with one attached hydrogen (secondary N) is 2. The molecule has 0 bridgehead atoms. The number of benzene rings is 2. The summed E-state index contributed by atoms with van der Waals surface area (Å²) in [4.78, 5) is 3.70. The quantitative estimate of drug-likeness (QED) is 0.622. The zero-order chi connectivity index (χ0) is 18.1. The number of anilines is 1. The molecule has 26 heavy (non-hydrogen) atoms. The van der Waals surface area contributed by atoms with Crippen molar-refractivity contribution in [3.8, 4) is 5.75 Å². The largest absolute Gasteiger partial charge is 0.493 e. The number of fused-ring (bicyclic) bond motifs is 1. The Morgan fingerprint density at radius 3 is 2.62 bits per heavy atom. The topological polar surface area (TPSA) is 63.4 Å². The first kappa shape index (κ1) is 17.7. The average Bonchev–Trinajstić information content (AvgIpc) is 2.99. The van der Waals surface area contributed by atoms with E-state index in [0.29, 0.717) is 38.5 Å². The molecule has 2 heterocycles. The molecule has 1 aliphatic rings. The van der Waals surface area contributed by atoms with Crippen LogP contribution in [0.3, 0.4) is 0 Å². The molecule has 1 saturated heterocycles. The molecule has 0 amide bonds. The molecule has 4 rings (SSSR count). The molecular weight excluding hydrogens is 395 g/mol. The second-order valence-corrected chi connectivity index (χ2v) is 8.07. The number of hydrogen-bond donors (Lipinski definition) is 2. The van der Waals surface area contributed by atoms with Gasteiger partial charge in [-0.15, -0.1) is 0 Å². The normalized spacial score (nSPS) is 15.6. The second-order valence-electron chi connectivity index (χ2n) is 6.04. The van der Waals surface area contributed by atoms with Crippen LogP contribution in [0.25, 0.3) is 10.9 Å². The average molecular weight is 411 g/mol. The first-order valence-corrected chi connectivity index (χ1v) is 9.96. The fourth-order valence-corrected chi connectivity index (χ4v) is 4.10. The number of H-pyrrole nitrogens is 1. The van der Waals surface area contributed by atoms with Crippen molar-refractivity contribution in [2.24, 2.45) is 5.92 Å². The van der Waals surface area contributed by atoms with Crippen molar-refractivity contribution in [3.63, 3.8) is 0 Å². The minimum Gasteiger partial charge on any atom is -0.493 e. The van der Waals surface area contributed by atoms with Gasteiger partial charge in [0.15, 0.2) is 0 Å². The van der Waals surface area contributed by atoms with Crippen molar-refractivity contribution in [2.45, 2.75) is 4.90 Å². The standard InChI is InChI=1S/C18H16Cl2N2O3S/c19-14-5-6-16(18-17(14)15(20)7-21-18)22-26(23)13-3-1-12(2-4-13)25-10-11-8-24-9-11/h1-7,11,21-22H,8-10H2. The van der Waals surface area contributed by atoms with E-state index >= 15 is 0 Å². The highest BCUT2D eigenvalue weighted by molar-refractivity contribution is 7.86. The van der Waals surface area contributed by atoms with Crippen molar-refractivity contribution < 1.29 is 13.7 Å². The van der Waals surface area contributed by atoms with Crippen molar-refractivity contribution >= 4 is 50.8 Å². The highest BCUT2D eigenvalue weighted by Gasteiger charge is 2.19. The number of aromatic nitrogens is 1. The number of hydrogen-bond acceptors (Lipinski definition) is 3. The first-order valence-electron chi connectivity index (χ1n) is 8.06. The summed E-state index contributed by atoms with van der Waals surface area (Å²) in [6, 6.07) is 10.7. The van der Waals surface area contributed by atoms with Crippen LogP contribution in [0.1, 0.15) is 0 Å². The maximum absolute atomic E-state index is 12.6. The fourth-order valence-electron chi connectivity index (χ4n) is 2.67. The maximum atomic E-state index is 12.6. The zero-order valence-corrected chi connectivity index (χ0v) is 16.0. The Morgan fingerprint density at radius 1 is 1.15 bits per heavy atom. The maximum Gasteiger partial charge on any atom is 0.150 e. The molecular formula is C18H16Cl2N2O3S. The van der Waals surface area contributed by atoms with Crippen LogP contribution in [0.4, 0.5) is 5.69 Å². The Bertz CT molecular complexity index is 955. The summed E-state index contributed by atoms with van der Waals surface area (Å²) in [6.45, 7) is 2.14. The van der Waals surface area contributed by atoms with Gasteiger partial charge in [0.1, 0.15) is 16.7 Å². The summed E-state index contributed by atoms with van der Waals surface area (Å²) >= 11 is 12.3. The lowest BCUT2D eigenvalue weighted by Gasteiger charge is -2.25. The smallest absolute Gasteiger partial charge is 0.150 e. The van der Waals surface area contributed by atoms with E-state index in [1.807, 2.05) is 12.1 Å². The lowest BCUT2D eigenvalue weighted by molar-refractivity contribution is -0.0508. The summed E-state index contributed by atoms with van der Waals surface area (Å²) in [5.41, 5.74) is 1.39. The van der Waals surface area contributed by atoms with Gasteiger partial charge in [-0.3, -0.25) is 4.72 Å². The van der Waals surface area contributed by atoms with E-state index in [4.69, 9.17) is 32.7 Å². The minimum atomic E-state index is -1.43. The van der Waals surface area contributed by atoms with Crippen LogP contribution in [0.15, 0.2) is 47.5 Å². The molecule has 1 atom stereocenters. The monoisotopic (exact) mass is 410 g/mol. The Kier molecular flexibility index (Phi) is 5.09. The van der Waals surface area contributed by atoms with Crippen LogP contribution in [0, 0.1) is 5.92 Å². The van der Waals surface area contributed by atoms with Gasteiger partial charge in [0.2, 0.25) is 0 Å². The van der Waals surface area contributed by atoms with E-state index in [2.05, 4.69) is 9.71 Å². The number of ether oxygens (including phenoxy) is 2. The summed E-state index contributed by atoms with van der Waals surface area (Å²) in [5, 5.41) is 1.78. The lowest BCUT2D eigenvalue weighted by Crippen LogP contribution is -2.32. The summed E-state index contributed by atoms with van der Waals surface area (Å²) in [7, 11) is -1.43. The number of aromatic amines is 1. The van der Waals surface area contributed by atoms with Gasteiger partial charge in [-0.1, -0.05) is 23.2 Å². The second kappa shape index (κ2) is 7.48. The SMILES string of the molecule is O=S(Nc1ccc(Cl)c2c(Cl)c[nH]c12)c1ccc(OCC2COC2)cc1. The Morgan fingerprint density at radius 2 is 1.92 bits per heavy atom. The molecule has 1 aromatic heterocycles. The Labute approximate surface area is 163 Å². The van der Waals surface area contributed by atoms with Gasteiger partial charge in [-0.05, 0) is 36.4 Å². The van der Waals surface area contributed by atoms with Crippen molar-refractivity contribution in [3.05, 3.63) is 52.6 Å². The van der Waals surface area contributed by atoms with E-state index in [1.54, 1.807) is 30.5 Å². The molecule has 8 heteroatoms. The lowest BCUT2D eigenvalue weighted by atomic mass is 10.1. The minimum absolute atomic E-state index is 0.463. The molecule has 0 aliphatic carbocycles. The molecule has 1 fully saturated rings. The van der Waals surface area contributed by atoms with Gasteiger partial charge in [-0.25, -0.2) is 4.21 Å². The highest BCUT2D eigenvalue weighted by Crippen LogP contribution is 2.35. The van der Waals surface area contributed by atoms with Gasteiger partial charge in [-0.2, -0.15) is 0 Å². The van der Waals surface area contributed by atoms with Crippen molar-refractivity contribution in [2.75, 3.05) is 24.5 Å². The van der Waals surface area contributed by atoms with E-state index in [-0.39, 0.29) is 0 Å². The fraction of sp³-hybridized carbons (Fsp3) is 0.222. The number of rotatable bonds is 6. The third-order valence-corrected chi connectivity index (χ3v) is 5.89. The van der Waals surface area contributed by atoms with Crippen LogP contribution >= 0.6 is 23.2 Å². The molecule has 0 radical (unpaired) electrons. The van der Waals surface area contributed by atoms with E-state index in [1.165, 1.54) is 0 Å². The van der Waals surface area contributed by atoms with Gasteiger partial charge in [0, 0.05) is 17.5 Å². The Hall–Kier alpha value is -1.73. The van der Waals surface area contributed by atoms with Gasteiger partial charge < -0.3 is 14.5 Å². The molecule has 5 nitrogen and oxygen atoms in total. The molecule has 0 saturated carbocycles.